The summed E-state index contributed by atoms with van der Waals surface area (Å²) in [7, 11) is 0. The molecule has 1 heterocycles. The standard InChI is InChI=1S/C12H21N3O2/c1-5-10(9(4)16)13-12(17)11-6-7-15(14-11)8(2)3/h6-10,16H,5H2,1-4H3,(H,13,17)/t9-,10+/m0/s1. The predicted molar refractivity (Wildman–Crippen MR) is 65.8 cm³/mol. The van der Waals surface area contributed by atoms with Crippen LogP contribution < -0.4 is 5.32 Å². The van der Waals surface area contributed by atoms with E-state index in [-0.39, 0.29) is 18.0 Å². The smallest absolute Gasteiger partial charge is 0.272 e. The highest BCUT2D eigenvalue weighted by molar-refractivity contribution is 5.92. The van der Waals surface area contributed by atoms with E-state index in [9.17, 15) is 9.90 Å². The fraction of sp³-hybridized carbons (Fsp3) is 0.667. The number of aliphatic hydroxyl groups excluding tert-OH is 1. The molecule has 0 aliphatic carbocycles. The number of nitrogens with one attached hydrogen (secondary N) is 1. The number of aliphatic hydroxyl groups is 1. The van der Waals surface area contributed by atoms with Gasteiger partial charge in [-0.15, -0.1) is 0 Å². The van der Waals surface area contributed by atoms with E-state index in [1.807, 2.05) is 20.8 Å². The molecule has 0 aliphatic rings. The number of carbonyl (C=O) groups excluding carboxylic acids is 1. The maximum Gasteiger partial charge on any atom is 0.272 e. The predicted octanol–water partition coefficient (Wildman–Crippen LogP) is 1.35. The minimum absolute atomic E-state index is 0.230. The van der Waals surface area contributed by atoms with Gasteiger partial charge in [-0.1, -0.05) is 6.92 Å². The lowest BCUT2D eigenvalue weighted by Crippen LogP contribution is -2.41. The van der Waals surface area contributed by atoms with Crippen LogP contribution in [0.5, 0.6) is 0 Å². The maximum atomic E-state index is 11.9. The molecule has 1 aromatic rings. The molecule has 17 heavy (non-hydrogen) atoms. The topological polar surface area (TPSA) is 67.2 Å². The van der Waals surface area contributed by atoms with Crippen LogP contribution in [0, 0.1) is 0 Å². The van der Waals surface area contributed by atoms with E-state index in [1.165, 1.54) is 0 Å². The molecule has 0 radical (unpaired) electrons. The summed E-state index contributed by atoms with van der Waals surface area (Å²) < 4.78 is 1.73. The molecule has 0 aliphatic heterocycles. The van der Waals surface area contributed by atoms with E-state index >= 15 is 0 Å². The summed E-state index contributed by atoms with van der Waals surface area (Å²) in [5.41, 5.74) is 0.387. The second-order valence-electron chi connectivity index (χ2n) is 4.50. The summed E-state index contributed by atoms with van der Waals surface area (Å²) in [6, 6.07) is 1.69. The van der Waals surface area contributed by atoms with Crippen LogP contribution in [0.4, 0.5) is 0 Å². The molecule has 0 aromatic carbocycles. The second-order valence-corrected chi connectivity index (χ2v) is 4.50. The Morgan fingerprint density at radius 3 is 2.59 bits per heavy atom. The molecule has 0 spiro atoms. The van der Waals surface area contributed by atoms with Gasteiger partial charge in [0.05, 0.1) is 12.1 Å². The molecule has 0 saturated carbocycles. The van der Waals surface area contributed by atoms with Crippen LogP contribution in [-0.2, 0) is 0 Å². The third kappa shape index (κ3) is 3.56. The molecule has 1 amide bonds. The summed E-state index contributed by atoms with van der Waals surface area (Å²) in [5.74, 6) is -0.239. The Hall–Kier alpha value is -1.36. The van der Waals surface area contributed by atoms with E-state index in [0.717, 1.165) is 0 Å². The SMILES string of the molecule is CC[C@@H](NC(=O)c1ccn(C(C)C)n1)[C@H](C)O. The minimum atomic E-state index is -0.559. The second kappa shape index (κ2) is 5.82. The number of amides is 1. The van der Waals surface area contributed by atoms with Crippen molar-refractivity contribution in [2.75, 3.05) is 0 Å². The number of carbonyl (C=O) groups is 1. The molecule has 0 fully saturated rings. The average molecular weight is 239 g/mol. The Kier molecular flexibility index (Phi) is 4.69. The molecule has 0 unspecified atom stereocenters. The Morgan fingerprint density at radius 1 is 1.53 bits per heavy atom. The Balaban J connectivity index is 2.69. The van der Waals surface area contributed by atoms with E-state index in [1.54, 1.807) is 23.9 Å². The average Bonchev–Trinajstić information content (AvgIpc) is 2.74. The quantitative estimate of drug-likeness (QED) is 0.815. The van der Waals surface area contributed by atoms with Gasteiger partial charge in [-0.25, -0.2) is 0 Å². The van der Waals surface area contributed by atoms with Crippen molar-refractivity contribution in [3.63, 3.8) is 0 Å². The van der Waals surface area contributed by atoms with Crippen molar-refractivity contribution in [3.05, 3.63) is 18.0 Å². The van der Waals surface area contributed by atoms with Gasteiger partial charge in [0.15, 0.2) is 0 Å². The monoisotopic (exact) mass is 239 g/mol. The van der Waals surface area contributed by atoms with Crippen LogP contribution in [0.15, 0.2) is 12.3 Å². The molecular formula is C12H21N3O2. The summed E-state index contributed by atoms with van der Waals surface area (Å²) in [6.45, 7) is 7.59. The van der Waals surface area contributed by atoms with Gasteiger partial charge in [-0.2, -0.15) is 5.10 Å². The Morgan fingerprint density at radius 2 is 2.18 bits per heavy atom. The molecule has 1 rings (SSSR count). The molecule has 2 N–H and O–H groups in total. The van der Waals surface area contributed by atoms with Crippen LogP contribution in [0.1, 0.15) is 50.6 Å². The Bertz CT molecular complexity index is 372. The van der Waals surface area contributed by atoms with Gasteiger partial charge in [0.2, 0.25) is 0 Å². The van der Waals surface area contributed by atoms with Gasteiger partial charge in [-0.3, -0.25) is 9.48 Å². The fourth-order valence-electron chi connectivity index (χ4n) is 1.55. The molecule has 0 saturated heterocycles. The molecule has 5 heteroatoms. The third-order valence-corrected chi connectivity index (χ3v) is 2.71. The summed E-state index contributed by atoms with van der Waals surface area (Å²) >= 11 is 0. The van der Waals surface area contributed by atoms with Gasteiger partial charge in [-0.05, 0) is 33.3 Å². The van der Waals surface area contributed by atoms with E-state index in [2.05, 4.69) is 10.4 Å². The number of hydrogen-bond acceptors (Lipinski definition) is 3. The van der Waals surface area contributed by atoms with Crippen LogP contribution in [0.3, 0.4) is 0 Å². The number of nitrogens with zero attached hydrogens (tertiary/aromatic N) is 2. The molecular weight excluding hydrogens is 218 g/mol. The zero-order chi connectivity index (χ0) is 13.0. The van der Waals surface area contributed by atoms with Gasteiger partial charge in [0.25, 0.3) is 5.91 Å². The molecule has 2 atom stereocenters. The van der Waals surface area contributed by atoms with Gasteiger partial charge >= 0.3 is 0 Å². The van der Waals surface area contributed by atoms with Gasteiger partial charge in [0, 0.05) is 12.2 Å². The van der Waals surface area contributed by atoms with Crippen molar-refractivity contribution >= 4 is 5.91 Å². The van der Waals surface area contributed by atoms with E-state index < -0.39 is 6.10 Å². The van der Waals surface area contributed by atoms with Crippen molar-refractivity contribution in [1.29, 1.82) is 0 Å². The molecule has 5 nitrogen and oxygen atoms in total. The first-order chi connectivity index (χ1) is 7.95. The van der Waals surface area contributed by atoms with Crippen LogP contribution >= 0.6 is 0 Å². The molecule has 1 aromatic heterocycles. The molecule has 0 bridgehead atoms. The van der Waals surface area contributed by atoms with Crippen molar-refractivity contribution in [2.45, 2.75) is 52.3 Å². The summed E-state index contributed by atoms with van der Waals surface area (Å²) in [6.07, 6.45) is 1.91. The lowest BCUT2D eigenvalue weighted by molar-refractivity contribution is 0.0849. The minimum Gasteiger partial charge on any atom is -0.391 e. The first kappa shape index (κ1) is 13.7. The maximum absolute atomic E-state index is 11.9. The van der Waals surface area contributed by atoms with Crippen LogP contribution in [0.25, 0.3) is 0 Å². The first-order valence-electron chi connectivity index (χ1n) is 5.99. The van der Waals surface area contributed by atoms with Gasteiger partial charge < -0.3 is 10.4 Å². The zero-order valence-electron chi connectivity index (χ0n) is 10.8. The molecule has 96 valence electrons. The normalized spacial score (nSPS) is 14.7. The third-order valence-electron chi connectivity index (χ3n) is 2.71. The lowest BCUT2D eigenvalue weighted by atomic mass is 10.1. The largest absolute Gasteiger partial charge is 0.391 e. The highest BCUT2D eigenvalue weighted by Gasteiger charge is 2.18. The summed E-state index contributed by atoms with van der Waals surface area (Å²) in [4.78, 5) is 11.9. The van der Waals surface area contributed by atoms with Crippen LogP contribution in [0.2, 0.25) is 0 Å². The highest BCUT2D eigenvalue weighted by Crippen LogP contribution is 2.05. The van der Waals surface area contributed by atoms with Crippen molar-refractivity contribution < 1.29 is 9.90 Å². The zero-order valence-corrected chi connectivity index (χ0v) is 10.8. The lowest BCUT2D eigenvalue weighted by Gasteiger charge is -2.18. The highest BCUT2D eigenvalue weighted by atomic mass is 16.3. The van der Waals surface area contributed by atoms with Crippen molar-refractivity contribution in [1.82, 2.24) is 15.1 Å². The summed E-state index contributed by atoms with van der Waals surface area (Å²) in [5, 5.41) is 16.4. The first-order valence-corrected chi connectivity index (χ1v) is 5.99. The van der Waals surface area contributed by atoms with E-state index in [4.69, 9.17) is 0 Å². The number of aromatic nitrogens is 2. The number of rotatable bonds is 5. The Labute approximate surface area is 102 Å². The van der Waals surface area contributed by atoms with E-state index in [0.29, 0.717) is 12.1 Å². The van der Waals surface area contributed by atoms with Crippen molar-refractivity contribution in [3.8, 4) is 0 Å². The van der Waals surface area contributed by atoms with Gasteiger partial charge in [0.1, 0.15) is 5.69 Å². The van der Waals surface area contributed by atoms with Crippen molar-refractivity contribution in [2.24, 2.45) is 0 Å². The number of hydrogen-bond donors (Lipinski definition) is 2. The van der Waals surface area contributed by atoms with Crippen LogP contribution in [-0.4, -0.2) is 32.9 Å². The fourth-order valence-corrected chi connectivity index (χ4v) is 1.55.